The summed E-state index contributed by atoms with van der Waals surface area (Å²) < 4.78 is 9.90. The summed E-state index contributed by atoms with van der Waals surface area (Å²) in [5.41, 5.74) is 6.16. The molecule has 0 spiro atoms. The van der Waals surface area contributed by atoms with E-state index in [0.717, 1.165) is 0 Å². The Balaban J connectivity index is 2.62. The minimum absolute atomic E-state index is 0.0405. The van der Waals surface area contributed by atoms with Gasteiger partial charge in [0.25, 0.3) is 0 Å². The fourth-order valence-corrected chi connectivity index (χ4v) is 1.33. The van der Waals surface area contributed by atoms with Crippen LogP contribution in [0.15, 0.2) is 18.2 Å². The fraction of sp³-hybridized carbons (Fsp3) is 0.333. The maximum atomic E-state index is 11.4. The van der Waals surface area contributed by atoms with Crippen molar-refractivity contribution in [1.29, 1.82) is 0 Å². The largest absolute Gasteiger partial charge is 0.494 e. The van der Waals surface area contributed by atoms with E-state index in [0.29, 0.717) is 17.9 Å². The molecule has 6 heteroatoms. The molecular weight excluding hydrogens is 238 g/mol. The molecule has 6 nitrogen and oxygen atoms in total. The van der Waals surface area contributed by atoms with Crippen LogP contribution in [0, 0.1) is 0 Å². The molecule has 0 unspecified atom stereocenters. The first kappa shape index (κ1) is 13.8. The maximum absolute atomic E-state index is 11.4. The average Bonchev–Trinajstić information content (AvgIpc) is 2.35. The average molecular weight is 253 g/mol. The highest BCUT2D eigenvalue weighted by Crippen LogP contribution is 2.20. The van der Waals surface area contributed by atoms with Crippen LogP contribution in [-0.4, -0.2) is 30.8 Å². The molecule has 1 aromatic rings. The van der Waals surface area contributed by atoms with Crippen molar-refractivity contribution in [2.75, 3.05) is 19.5 Å². The third-order valence-electron chi connectivity index (χ3n) is 2.23. The predicted octanol–water partition coefficient (Wildman–Crippen LogP) is 1.30. The fourth-order valence-electron chi connectivity index (χ4n) is 1.33. The number of esters is 1. The SMILES string of the molecule is COC(=O)c1cc(OCCCC(=O)O)ccc1N. The van der Waals surface area contributed by atoms with Gasteiger partial charge < -0.3 is 20.3 Å². The quantitative estimate of drug-likeness (QED) is 0.450. The van der Waals surface area contributed by atoms with Crippen LogP contribution in [0.1, 0.15) is 23.2 Å². The highest BCUT2D eigenvalue weighted by atomic mass is 16.5. The van der Waals surface area contributed by atoms with Crippen LogP contribution in [0.4, 0.5) is 5.69 Å². The van der Waals surface area contributed by atoms with Gasteiger partial charge in [0.1, 0.15) is 5.75 Å². The van der Waals surface area contributed by atoms with Crippen molar-refractivity contribution in [1.82, 2.24) is 0 Å². The number of rotatable bonds is 6. The number of methoxy groups -OCH3 is 1. The van der Waals surface area contributed by atoms with Gasteiger partial charge in [-0.15, -0.1) is 0 Å². The zero-order valence-electron chi connectivity index (χ0n) is 10.0. The number of ether oxygens (including phenoxy) is 2. The van der Waals surface area contributed by atoms with Crippen molar-refractivity contribution in [2.45, 2.75) is 12.8 Å². The van der Waals surface area contributed by atoms with Crippen LogP contribution >= 0.6 is 0 Å². The molecule has 0 aromatic heterocycles. The number of nitrogens with two attached hydrogens (primary N) is 1. The topological polar surface area (TPSA) is 98.8 Å². The number of nitrogen functional groups attached to an aromatic ring is 1. The molecule has 0 saturated heterocycles. The van der Waals surface area contributed by atoms with E-state index in [1.165, 1.54) is 13.2 Å². The lowest BCUT2D eigenvalue weighted by Gasteiger charge is -2.08. The molecule has 18 heavy (non-hydrogen) atoms. The molecule has 1 rings (SSSR count). The summed E-state index contributed by atoms with van der Waals surface area (Å²) in [6, 6.07) is 4.63. The Hall–Kier alpha value is -2.24. The van der Waals surface area contributed by atoms with E-state index in [4.69, 9.17) is 15.6 Å². The van der Waals surface area contributed by atoms with Crippen LogP contribution in [0.2, 0.25) is 0 Å². The normalized spacial score (nSPS) is 9.83. The smallest absolute Gasteiger partial charge is 0.340 e. The summed E-state index contributed by atoms with van der Waals surface area (Å²) in [6.45, 7) is 0.261. The number of carbonyl (C=O) groups excluding carboxylic acids is 1. The highest BCUT2D eigenvalue weighted by Gasteiger charge is 2.11. The van der Waals surface area contributed by atoms with Gasteiger partial charge >= 0.3 is 11.9 Å². The summed E-state index contributed by atoms with van der Waals surface area (Å²) in [5, 5.41) is 8.46. The molecule has 0 fully saturated rings. The molecule has 0 bridgehead atoms. The lowest BCUT2D eigenvalue weighted by Crippen LogP contribution is -2.07. The lowest BCUT2D eigenvalue weighted by atomic mass is 10.2. The Labute approximate surface area is 104 Å². The van der Waals surface area contributed by atoms with E-state index in [1.54, 1.807) is 12.1 Å². The Morgan fingerprint density at radius 1 is 1.39 bits per heavy atom. The lowest BCUT2D eigenvalue weighted by molar-refractivity contribution is -0.137. The molecular formula is C12H15NO5. The summed E-state index contributed by atoms with van der Waals surface area (Å²) in [4.78, 5) is 21.7. The number of benzene rings is 1. The monoisotopic (exact) mass is 253 g/mol. The van der Waals surface area contributed by atoms with Crippen molar-refractivity contribution >= 4 is 17.6 Å². The molecule has 0 atom stereocenters. The van der Waals surface area contributed by atoms with Crippen molar-refractivity contribution in [3.8, 4) is 5.75 Å². The molecule has 0 amide bonds. The molecule has 0 saturated carbocycles. The molecule has 0 aliphatic rings. The van der Waals surface area contributed by atoms with Crippen molar-refractivity contribution < 1.29 is 24.2 Å². The second-order valence-corrected chi connectivity index (χ2v) is 3.59. The van der Waals surface area contributed by atoms with Gasteiger partial charge in [-0.1, -0.05) is 0 Å². The Morgan fingerprint density at radius 3 is 2.72 bits per heavy atom. The summed E-state index contributed by atoms with van der Waals surface area (Å²) in [5.74, 6) is -0.954. The van der Waals surface area contributed by atoms with Gasteiger partial charge in [0.15, 0.2) is 0 Å². The second-order valence-electron chi connectivity index (χ2n) is 3.59. The zero-order valence-corrected chi connectivity index (χ0v) is 10.0. The number of hydrogen-bond donors (Lipinski definition) is 2. The molecule has 0 radical (unpaired) electrons. The Kier molecular flexibility index (Phi) is 4.98. The van der Waals surface area contributed by atoms with Gasteiger partial charge in [-0.25, -0.2) is 4.79 Å². The van der Waals surface area contributed by atoms with E-state index < -0.39 is 11.9 Å². The maximum Gasteiger partial charge on any atom is 0.340 e. The molecule has 0 aliphatic heterocycles. The standard InChI is InChI=1S/C12H15NO5/c1-17-12(16)9-7-8(4-5-10(9)13)18-6-2-3-11(14)15/h4-5,7H,2-3,6,13H2,1H3,(H,14,15). The minimum Gasteiger partial charge on any atom is -0.494 e. The van der Waals surface area contributed by atoms with Crippen molar-refractivity contribution in [3.63, 3.8) is 0 Å². The summed E-state index contributed by atoms with van der Waals surface area (Å²) >= 11 is 0. The first-order valence-electron chi connectivity index (χ1n) is 5.37. The van der Waals surface area contributed by atoms with E-state index in [1.807, 2.05) is 0 Å². The third-order valence-corrected chi connectivity index (χ3v) is 2.23. The highest BCUT2D eigenvalue weighted by molar-refractivity contribution is 5.95. The van der Waals surface area contributed by atoms with E-state index in [-0.39, 0.29) is 18.6 Å². The van der Waals surface area contributed by atoms with Crippen LogP contribution in [-0.2, 0) is 9.53 Å². The molecule has 98 valence electrons. The van der Waals surface area contributed by atoms with Crippen molar-refractivity contribution in [2.24, 2.45) is 0 Å². The Morgan fingerprint density at radius 2 is 2.11 bits per heavy atom. The number of carbonyl (C=O) groups is 2. The third kappa shape index (κ3) is 3.97. The summed E-state index contributed by atoms with van der Waals surface area (Å²) in [6.07, 6.45) is 0.437. The van der Waals surface area contributed by atoms with Gasteiger partial charge in [0.05, 0.1) is 19.3 Å². The van der Waals surface area contributed by atoms with Crippen LogP contribution < -0.4 is 10.5 Å². The number of carboxylic acid groups (broad SMARTS) is 1. The van der Waals surface area contributed by atoms with Gasteiger partial charge in [-0.3, -0.25) is 4.79 Å². The van der Waals surface area contributed by atoms with E-state index in [2.05, 4.69) is 4.74 Å². The summed E-state index contributed by atoms with van der Waals surface area (Å²) in [7, 11) is 1.27. The molecule has 0 aliphatic carbocycles. The van der Waals surface area contributed by atoms with Gasteiger partial charge in [0, 0.05) is 12.1 Å². The Bertz CT molecular complexity index is 444. The molecule has 0 heterocycles. The van der Waals surface area contributed by atoms with Gasteiger partial charge in [-0.05, 0) is 24.6 Å². The number of carboxylic acids is 1. The van der Waals surface area contributed by atoms with Crippen molar-refractivity contribution in [3.05, 3.63) is 23.8 Å². The van der Waals surface area contributed by atoms with Gasteiger partial charge in [-0.2, -0.15) is 0 Å². The zero-order chi connectivity index (χ0) is 13.5. The first-order valence-corrected chi connectivity index (χ1v) is 5.37. The van der Waals surface area contributed by atoms with E-state index >= 15 is 0 Å². The number of anilines is 1. The predicted molar refractivity (Wildman–Crippen MR) is 64.6 cm³/mol. The van der Waals surface area contributed by atoms with Crippen LogP contribution in [0.25, 0.3) is 0 Å². The first-order chi connectivity index (χ1) is 8.54. The molecule has 1 aromatic carbocycles. The number of aliphatic carboxylic acids is 1. The van der Waals surface area contributed by atoms with Crippen LogP contribution in [0.3, 0.4) is 0 Å². The minimum atomic E-state index is -0.869. The molecule has 3 N–H and O–H groups in total. The second kappa shape index (κ2) is 6.48. The van der Waals surface area contributed by atoms with Gasteiger partial charge in [0.2, 0.25) is 0 Å². The number of hydrogen-bond acceptors (Lipinski definition) is 5. The van der Waals surface area contributed by atoms with E-state index in [9.17, 15) is 9.59 Å². The van der Waals surface area contributed by atoms with Crippen LogP contribution in [0.5, 0.6) is 5.75 Å².